The number of aromatic nitrogens is 2. The quantitative estimate of drug-likeness (QED) is 0.173. The zero-order valence-corrected chi connectivity index (χ0v) is 49.0. The minimum absolute atomic E-state index is 0.00579. The van der Waals surface area contributed by atoms with E-state index in [2.05, 4.69) is 267 Å². The van der Waals surface area contributed by atoms with Gasteiger partial charge in [0, 0.05) is 43.1 Å². The van der Waals surface area contributed by atoms with Gasteiger partial charge in [-0.05, 0) is 154 Å². The van der Waals surface area contributed by atoms with Crippen LogP contribution in [0.2, 0.25) is 0 Å². The predicted molar refractivity (Wildman–Crippen MR) is 334 cm³/mol. The first-order chi connectivity index (χ1) is 35.9. The minimum Gasteiger partial charge on any atom is -0.439 e. The lowest BCUT2D eigenvalue weighted by Gasteiger charge is -2.26. The Morgan fingerprint density at radius 3 is 1.06 bits per heavy atom. The van der Waals surface area contributed by atoms with Gasteiger partial charge in [-0.3, -0.25) is 4.40 Å². The van der Waals surface area contributed by atoms with Crippen LogP contribution in [0.5, 0.6) is 0 Å². The van der Waals surface area contributed by atoms with Crippen molar-refractivity contribution in [1.29, 1.82) is 0 Å². The fourth-order valence-electron chi connectivity index (χ4n) is 12.5. The summed E-state index contributed by atoms with van der Waals surface area (Å²) in [5.74, 6) is 0. The lowest BCUT2D eigenvalue weighted by molar-refractivity contribution is 0.568. The number of nitrogens with zero attached hydrogens (tertiary/aromatic N) is 2. The van der Waals surface area contributed by atoms with E-state index in [1.807, 2.05) is 0 Å². The Hall–Kier alpha value is -7.10. The van der Waals surface area contributed by atoms with Crippen LogP contribution < -0.4 is 0 Å². The highest BCUT2D eigenvalue weighted by atomic mass is 16.3. The Morgan fingerprint density at radius 1 is 0.273 bits per heavy atom. The van der Waals surface area contributed by atoms with Crippen LogP contribution in [-0.4, -0.2) is 8.80 Å². The van der Waals surface area contributed by atoms with Crippen molar-refractivity contribution in [1.82, 2.24) is 8.80 Å². The van der Waals surface area contributed by atoms with Gasteiger partial charge in [0.15, 0.2) is 0 Å². The molecule has 0 bridgehead atoms. The number of fused-ring (bicyclic) bond motifs is 14. The molecule has 3 nitrogen and oxygen atoms in total. The summed E-state index contributed by atoms with van der Waals surface area (Å²) < 4.78 is 12.0. The molecule has 0 aliphatic carbocycles. The van der Waals surface area contributed by atoms with E-state index in [0.29, 0.717) is 0 Å². The van der Waals surface area contributed by atoms with Crippen LogP contribution >= 0.6 is 0 Å². The summed E-state index contributed by atoms with van der Waals surface area (Å²) in [7, 11) is 0. The number of rotatable bonds is 3. The van der Waals surface area contributed by atoms with E-state index in [4.69, 9.17) is 4.42 Å². The number of para-hydroxylation sites is 1. The molecular formula is C74H76N2O. The fraction of sp³-hybridized carbons (Fsp3) is 0.324. The van der Waals surface area contributed by atoms with Gasteiger partial charge in [0.05, 0.1) is 33.0 Å². The molecular weight excluding hydrogens is 933 g/mol. The van der Waals surface area contributed by atoms with Gasteiger partial charge in [0.25, 0.3) is 0 Å². The molecule has 8 aromatic carbocycles. The van der Waals surface area contributed by atoms with Gasteiger partial charge in [-0.2, -0.15) is 0 Å². The third kappa shape index (κ3) is 7.64. The topological polar surface area (TPSA) is 22.0 Å². The summed E-state index contributed by atoms with van der Waals surface area (Å²) >= 11 is 0. The van der Waals surface area contributed by atoms with E-state index in [-0.39, 0.29) is 32.5 Å². The van der Waals surface area contributed by atoms with Crippen molar-refractivity contribution in [2.75, 3.05) is 0 Å². The molecule has 0 radical (unpaired) electrons. The maximum Gasteiger partial charge on any atom is 0.213 e. The van der Waals surface area contributed by atoms with Gasteiger partial charge in [-0.15, -0.1) is 0 Å². The second-order valence-corrected chi connectivity index (χ2v) is 29.3. The third-order valence-electron chi connectivity index (χ3n) is 17.4. The first kappa shape index (κ1) is 49.5. The molecule has 0 saturated carbocycles. The maximum absolute atomic E-state index is 7.02. The third-order valence-corrected chi connectivity index (χ3v) is 17.4. The molecule has 388 valence electrons. The van der Waals surface area contributed by atoms with Crippen LogP contribution in [0.1, 0.15) is 158 Å². The summed E-state index contributed by atoms with van der Waals surface area (Å²) in [6, 6.07) is 52.8. The summed E-state index contributed by atoms with van der Waals surface area (Å²) in [4.78, 5) is 0. The number of furan rings is 1. The average Bonchev–Trinajstić information content (AvgIpc) is 4.25. The molecule has 77 heavy (non-hydrogen) atoms. The molecule has 0 spiro atoms. The number of hydrogen-bond donors (Lipinski definition) is 0. The van der Waals surface area contributed by atoms with Gasteiger partial charge < -0.3 is 8.82 Å². The van der Waals surface area contributed by atoms with Crippen LogP contribution in [-0.2, 0) is 32.5 Å². The molecule has 5 heterocycles. The Kier molecular flexibility index (Phi) is 10.1. The first-order valence-electron chi connectivity index (χ1n) is 28.2. The van der Waals surface area contributed by atoms with Crippen LogP contribution in [0.15, 0.2) is 138 Å². The van der Waals surface area contributed by atoms with Gasteiger partial charge in [-0.25, -0.2) is 0 Å². The summed E-state index contributed by atoms with van der Waals surface area (Å²) in [5.41, 5.74) is 23.5. The maximum atomic E-state index is 7.02. The summed E-state index contributed by atoms with van der Waals surface area (Å²) in [6.45, 7) is 42.1. The van der Waals surface area contributed by atoms with Gasteiger partial charge >= 0.3 is 0 Å². The molecule has 0 atom stereocenters. The standard InChI is InChI=1S/C74H76N2O/c1-69(2,3)47-25-42(26-48(36-47)70(4,5)6)41-23-24-61-54(31-41)57-32-45(43-27-49(71(7,8)9)37-50(28-43)72(10,11)12)33-58-55-39-56-59-34-46(44-29-51(73(13,14)15)38-52(30-44)74(16,17)18)35-60-65-53-21-19-20-22-64(53)77-68(65)76(67(59)60)63(56)40-62(55)75(61)66(57)58/h19-40H,1-18H3. The summed E-state index contributed by atoms with van der Waals surface area (Å²) in [5, 5.41) is 11.2. The van der Waals surface area contributed by atoms with Crippen LogP contribution in [0.4, 0.5) is 0 Å². The molecule has 0 aliphatic rings. The monoisotopic (exact) mass is 1010 g/mol. The van der Waals surface area contributed by atoms with Crippen LogP contribution in [0.3, 0.4) is 0 Å². The van der Waals surface area contributed by atoms with E-state index in [1.54, 1.807) is 0 Å². The molecule has 0 fully saturated rings. The van der Waals surface area contributed by atoms with E-state index in [9.17, 15) is 0 Å². The predicted octanol–water partition coefficient (Wildman–Crippen LogP) is 21.5. The molecule has 0 N–H and O–H groups in total. The zero-order chi connectivity index (χ0) is 54.6. The van der Waals surface area contributed by atoms with Crippen molar-refractivity contribution in [2.24, 2.45) is 0 Å². The number of hydrogen-bond acceptors (Lipinski definition) is 1. The van der Waals surface area contributed by atoms with Crippen molar-refractivity contribution < 1.29 is 4.42 Å². The van der Waals surface area contributed by atoms with Crippen molar-refractivity contribution in [3.05, 3.63) is 167 Å². The van der Waals surface area contributed by atoms with Crippen molar-refractivity contribution in [2.45, 2.75) is 157 Å². The lowest BCUT2D eigenvalue weighted by Crippen LogP contribution is -2.16. The molecule has 0 aliphatic heterocycles. The smallest absolute Gasteiger partial charge is 0.213 e. The second kappa shape index (κ2) is 15.8. The molecule has 0 amide bonds. The average molecular weight is 1010 g/mol. The Morgan fingerprint density at radius 2 is 0.623 bits per heavy atom. The molecule has 5 aromatic heterocycles. The van der Waals surface area contributed by atoms with Gasteiger partial charge in [0.2, 0.25) is 5.71 Å². The van der Waals surface area contributed by atoms with Crippen LogP contribution in [0, 0.1) is 0 Å². The first-order valence-corrected chi connectivity index (χ1v) is 28.2. The highest BCUT2D eigenvalue weighted by molar-refractivity contribution is 6.32. The molecule has 0 saturated heterocycles. The fourth-order valence-corrected chi connectivity index (χ4v) is 12.5. The second-order valence-electron chi connectivity index (χ2n) is 29.3. The number of benzene rings is 8. The Bertz CT molecular complexity index is 4500. The Labute approximate surface area is 455 Å². The molecule has 3 heteroatoms. The van der Waals surface area contributed by atoms with E-state index >= 15 is 0 Å². The van der Waals surface area contributed by atoms with Crippen molar-refractivity contribution in [3.63, 3.8) is 0 Å². The van der Waals surface area contributed by atoms with Gasteiger partial charge in [-0.1, -0.05) is 203 Å². The van der Waals surface area contributed by atoms with E-state index in [1.165, 1.54) is 132 Å². The highest BCUT2D eigenvalue weighted by Crippen LogP contribution is 2.50. The zero-order valence-electron chi connectivity index (χ0n) is 49.0. The molecule has 0 unspecified atom stereocenters. The largest absolute Gasteiger partial charge is 0.439 e. The minimum atomic E-state index is -0.0213. The van der Waals surface area contributed by atoms with E-state index in [0.717, 1.165) is 22.2 Å². The molecule has 13 rings (SSSR count). The summed E-state index contributed by atoms with van der Waals surface area (Å²) in [6.07, 6.45) is 0. The van der Waals surface area contributed by atoms with Crippen LogP contribution in [0.25, 0.3) is 121 Å². The van der Waals surface area contributed by atoms with E-state index < -0.39 is 0 Å². The van der Waals surface area contributed by atoms with Crippen molar-refractivity contribution in [3.8, 4) is 33.4 Å². The normalized spacial score (nSPS) is 13.8. The van der Waals surface area contributed by atoms with Gasteiger partial charge in [0.1, 0.15) is 5.58 Å². The van der Waals surface area contributed by atoms with Crippen molar-refractivity contribution >= 4 is 87.4 Å². The lowest BCUT2D eigenvalue weighted by atomic mass is 9.78. The Balaban J connectivity index is 1.16. The highest BCUT2D eigenvalue weighted by Gasteiger charge is 2.30. The SMILES string of the molecule is CC(C)(C)c1cc(-c2ccc3c(c2)c2cc(-c4cc(C(C)(C)C)cc(C(C)(C)C)c4)cc4c5cc6c7cc(-c8cc(C(C)(C)C)cc(C(C)(C)C)c8)cc8c9c%10ccccc%10oc9n(c6cc5n3c24)c78)cc(C(C)(C)C)c1. The molecule has 13 aromatic rings.